The fraction of sp³-hybridized carbons (Fsp3) is 0.562. The van der Waals surface area contributed by atoms with Gasteiger partial charge < -0.3 is 15.0 Å². The molecule has 1 aromatic rings. The Hall–Kier alpha value is -1.55. The molecule has 2 heterocycles. The zero-order valence-electron chi connectivity index (χ0n) is 11.8. The molecule has 20 heavy (non-hydrogen) atoms. The van der Waals surface area contributed by atoms with E-state index in [0.717, 1.165) is 43.8 Å². The molecule has 0 saturated carbocycles. The lowest BCUT2D eigenvalue weighted by atomic mass is 10.1. The molecule has 0 aromatic heterocycles. The van der Waals surface area contributed by atoms with Crippen molar-refractivity contribution in [1.82, 2.24) is 5.32 Å². The van der Waals surface area contributed by atoms with Crippen molar-refractivity contribution >= 4 is 11.6 Å². The average molecular weight is 274 g/mol. The monoisotopic (exact) mass is 274 g/mol. The van der Waals surface area contributed by atoms with Crippen molar-refractivity contribution in [1.29, 1.82) is 0 Å². The smallest absolute Gasteiger partial charge is 0.244 e. The van der Waals surface area contributed by atoms with Gasteiger partial charge in [-0.15, -0.1) is 0 Å². The van der Waals surface area contributed by atoms with Gasteiger partial charge in [0.05, 0.1) is 18.3 Å². The second-order valence-electron chi connectivity index (χ2n) is 5.52. The van der Waals surface area contributed by atoms with E-state index < -0.39 is 0 Å². The summed E-state index contributed by atoms with van der Waals surface area (Å²) in [6.45, 7) is 2.37. The summed E-state index contributed by atoms with van der Waals surface area (Å²) in [5.74, 6) is 1.02. The van der Waals surface area contributed by atoms with Crippen molar-refractivity contribution in [3.05, 3.63) is 24.3 Å². The van der Waals surface area contributed by atoms with E-state index in [2.05, 4.69) is 5.32 Å². The molecular formula is C16H22N2O2. The highest BCUT2D eigenvalue weighted by Gasteiger charge is 2.28. The summed E-state index contributed by atoms with van der Waals surface area (Å²) in [7, 11) is 0. The zero-order chi connectivity index (χ0) is 13.8. The number of nitrogens with zero attached hydrogens (tertiary/aromatic N) is 1. The Kier molecular flexibility index (Phi) is 4.21. The molecule has 108 valence electrons. The number of amides is 1. The van der Waals surface area contributed by atoms with Crippen LogP contribution in [-0.2, 0) is 4.79 Å². The molecular weight excluding hydrogens is 252 g/mol. The molecule has 1 fully saturated rings. The number of hydrogen-bond acceptors (Lipinski definition) is 3. The Morgan fingerprint density at radius 2 is 2.10 bits per heavy atom. The first-order valence-corrected chi connectivity index (χ1v) is 7.63. The van der Waals surface area contributed by atoms with Crippen molar-refractivity contribution in [2.45, 2.75) is 38.1 Å². The van der Waals surface area contributed by atoms with E-state index in [4.69, 9.17) is 4.74 Å². The fourth-order valence-electron chi connectivity index (χ4n) is 2.98. The normalized spacial score (nSPS) is 23.2. The molecule has 4 heteroatoms. The predicted molar refractivity (Wildman–Crippen MR) is 79.2 cm³/mol. The Balaban J connectivity index is 1.83. The predicted octanol–water partition coefficient (Wildman–Crippen LogP) is 2.33. The standard InChI is InChI=1S/C16H22N2O2/c19-16(13-7-2-1-5-10-17-13)18-11-6-12-20-15-9-4-3-8-14(15)18/h3-4,8-9,13,17H,1-2,5-7,10-12H2. The van der Waals surface area contributed by atoms with Gasteiger partial charge in [0.2, 0.25) is 5.91 Å². The summed E-state index contributed by atoms with van der Waals surface area (Å²) in [5, 5.41) is 3.40. The molecule has 1 unspecified atom stereocenters. The zero-order valence-corrected chi connectivity index (χ0v) is 11.8. The van der Waals surface area contributed by atoms with E-state index in [-0.39, 0.29) is 11.9 Å². The second-order valence-corrected chi connectivity index (χ2v) is 5.52. The van der Waals surface area contributed by atoms with Crippen LogP contribution in [0.15, 0.2) is 24.3 Å². The maximum absolute atomic E-state index is 12.8. The third kappa shape index (κ3) is 2.80. The molecule has 4 nitrogen and oxygen atoms in total. The number of benzene rings is 1. The van der Waals surface area contributed by atoms with Crippen LogP contribution in [0.4, 0.5) is 5.69 Å². The van der Waals surface area contributed by atoms with Crippen molar-refractivity contribution in [2.24, 2.45) is 0 Å². The minimum atomic E-state index is -0.0383. The van der Waals surface area contributed by atoms with E-state index in [9.17, 15) is 4.79 Å². The van der Waals surface area contributed by atoms with Gasteiger partial charge in [-0.05, 0) is 37.9 Å². The average Bonchev–Trinajstić information content (AvgIpc) is 2.87. The highest BCUT2D eigenvalue weighted by Crippen LogP contribution is 2.31. The molecule has 0 spiro atoms. The Labute approximate surface area is 120 Å². The van der Waals surface area contributed by atoms with Crippen LogP contribution in [0.2, 0.25) is 0 Å². The number of fused-ring (bicyclic) bond motifs is 1. The molecule has 1 amide bonds. The topological polar surface area (TPSA) is 41.6 Å². The number of nitrogens with one attached hydrogen (secondary N) is 1. The van der Waals surface area contributed by atoms with E-state index in [1.165, 1.54) is 12.8 Å². The van der Waals surface area contributed by atoms with Gasteiger partial charge in [0.25, 0.3) is 0 Å². The minimum Gasteiger partial charge on any atom is -0.491 e. The lowest BCUT2D eigenvalue weighted by Crippen LogP contribution is -2.46. The molecule has 2 aliphatic heterocycles. The SMILES string of the molecule is O=C(C1CCCCCN1)N1CCCOc2ccccc21. The molecule has 0 bridgehead atoms. The third-order valence-electron chi connectivity index (χ3n) is 4.06. The van der Waals surface area contributed by atoms with Gasteiger partial charge in [0, 0.05) is 6.54 Å². The van der Waals surface area contributed by atoms with Gasteiger partial charge in [0.1, 0.15) is 5.75 Å². The molecule has 2 aliphatic rings. The Morgan fingerprint density at radius 3 is 3.05 bits per heavy atom. The Bertz CT molecular complexity index is 467. The summed E-state index contributed by atoms with van der Waals surface area (Å²) in [6.07, 6.45) is 5.35. The van der Waals surface area contributed by atoms with Gasteiger partial charge in [-0.3, -0.25) is 4.79 Å². The van der Waals surface area contributed by atoms with Crippen LogP contribution in [0.5, 0.6) is 5.75 Å². The summed E-state index contributed by atoms with van der Waals surface area (Å²) in [6, 6.07) is 7.81. The van der Waals surface area contributed by atoms with Gasteiger partial charge in [0.15, 0.2) is 0 Å². The quantitative estimate of drug-likeness (QED) is 0.854. The minimum absolute atomic E-state index is 0.0383. The van der Waals surface area contributed by atoms with E-state index in [0.29, 0.717) is 6.61 Å². The van der Waals surface area contributed by atoms with Gasteiger partial charge >= 0.3 is 0 Å². The molecule has 0 aliphatic carbocycles. The largest absolute Gasteiger partial charge is 0.491 e. The molecule has 3 rings (SSSR count). The van der Waals surface area contributed by atoms with E-state index in [1.807, 2.05) is 29.2 Å². The fourth-order valence-corrected chi connectivity index (χ4v) is 2.98. The molecule has 1 saturated heterocycles. The van der Waals surface area contributed by atoms with Crippen LogP contribution in [-0.4, -0.2) is 31.6 Å². The highest BCUT2D eigenvalue weighted by atomic mass is 16.5. The van der Waals surface area contributed by atoms with Gasteiger partial charge in [-0.1, -0.05) is 25.0 Å². The summed E-state index contributed by atoms with van der Waals surface area (Å²) < 4.78 is 5.73. The van der Waals surface area contributed by atoms with Crippen LogP contribution in [0.25, 0.3) is 0 Å². The first kappa shape index (κ1) is 13.4. The highest BCUT2D eigenvalue weighted by molar-refractivity contribution is 5.98. The van der Waals surface area contributed by atoms with E-state index in [1.54, 1.807) is 0 Å². The number of ether oxygens (including phenoxy) is 1. The number of hydrogen-bond donors (Lipinski definition) is 1. The van der Waals surface area contributed by atoms with Crippen molar-refractivity contribution in [3.8, 4) is 5.75 Å². The third-order valence-corrected chi connectivity index (χ3v) is 4.06. The molecule has 0 radical (unpaired) electrons. The lowest BCUT2D eigenvalue weighted by molar-refractivity contribution is -0.120. The van der Waals surface area contributed by atoms with E-state index >= 15 is 0 Å². The van der Waals surface area contributed by atoms with Crippen LogP contribution >= 0.6 is 0 Å². The number of carbonyl (C=O) groups is 1. The molecule has 1 N–H and O–H groups in total. The second kappa shape index (κ2) is 6.27. The maximum atomic E-state index is 12.8. The van der Waals surface area contributed by atoms with Crippen molar-refractivity contribution in [3.63, 3.8) is 0 Å². The number of anilines is 1. The first-order valence-electron chi connectivity index (χ1n) is 7.63. The van der Waals surface area contributed by atoms with Crippen LogP contribution in [0.1, 0.15) is 32.1 Å². The van der Waals surface area contributed by atoms with Crippen molar-refractivity contribution in [2.75, 3.05) is 24.6 Å². The van der Waals surface area contributed by atoms with Gasteiger partial charge in [-0.2, -0.15) is 0 Å². The lowest BCUT2D eigenvalue weighted by Gasteiger charge is -2.26. The van der Waals surface area contributed by atoms with Crippen molar-refractivity contribution < 1.29 is 9.53 Å². The first-order chi connectivity index (χ1) is 9.86. The van der Waals surface area contributed by atoms with Crippen LogP contribution in [0, 0.1) is 0 Å². The Morgan fingerprint density at radius 1 is 1.20 bits per heavy atom. The number of carbonyl (C=O) groups excluding carboxylic acids is 1. The van der Waals surface area contributed by atoms with Crippen LogP contribution in [0.3, 0.4) is 0 Å². The van der Waals surface area contributed by atoms with Gasteiger partial charge in [-0.25, -0.2) is 0 Å². The summed E-state index contributed by atoms with van der Waals surface area (Å²) >= 11 is 0. The maximum Gasteiger partial charge on any atom is 0.244 e. The number of para-hydroxylation sites is 2. The summed E-state index contributed by atoms with van der Waals surface area (Å²) in [5.41, 5.74) is 0.918. The van der Waals surface area contributed by atoms with Crippen LogP contribution < -0.4 is 15.0 Å². The molecule has 1 aromatic carbocycles. The summed E-state index contributed by atoms with van der Waals surface area (Å²) in [4.78, 5) is 14.7. The molecule has 1 atom stereocenters. The number of rotatable bonds is 1.